The number of nitrogens with one attached hydrogen (secondary N) is 1. The van der Waals surface area contributed by atoms with Crippen molar-refractivity contribution < 1.29 is 8.91 Å². The van der Waals surface area contributed by atoms with Gasteiger partial charge in [0.2, 0.25) is 0 Å². The summed E-state index contributed by atoms with van der Waals surface area (Å²) < 4.78 is 22.7. The van der Waals surface area contributed by atoms with Gasteiger partial charge in [0.15, 0.2) is 5.82 Å². The highest BCUT2D eigenvalue weighted by Crippen LogP contribution is 2.29. The fourth-order valence-corrected chi connectivity index (χ4v) is 3.24. The van der Waals surface area contributed by atoms with Crippen molar-refractivity contribution in [1.29, 1.82) is 0 Å². The molecule has 1 N–H and O–H groups in total. The maximum absolute atomic E-state index is 14.8. The molecule has 0 aliphatic rings. The number of rotatable bonds is 2. The van der Waals surface area contributed by atoms with Crippen molar-refractivity contribution in [3.63, 3.8) is 0 Å². The zero-order valence-corrected chi connectivity index (χ0v) is 14.5. The normalized spacial score (nSPS) is 11.4. The van der Waals surface area contributed by atoms with Crippen LogP contribution in [-0.2, 0) is 7.05 Å². The SMILES string of the molecule is Cc1cn2cc(-c3ccc(-c4c(C)on(C)c4=O)cc3)c(F)c2c(=O)[nH]1. The van der Waals surface area contributed by atoms with E-state index in [1.165, 1.54) is 9.14 Å². The van der Waals surface area contributed by atoms with E-state index in [1.807, 2.05) is 0 Å². The molecule has 0 fully saturated rings. The highest BCUT2D eigenvalue weighted by molar-refractivity contribution is 5.74. The molecule has 7 heteroatoms. The van der Waals surface area contributed by atoms with Crippen molar-refractivity contribution in [3.8, 4) is 22.3 Å². The fraction of sp³-hybridized carbons (Fsp3) is 0.158. The summed E-state index contributed by atoms with van der Waals surface area (Å²) in [5.74, 6) is -0.0533. The summed E-state index contributed by atoms with van der Waals surface area (Å²) in [6.07, 6.45) is 3.25. The van der Waals surface area contributed by atoms with E-state index in [2.05, 4.69) is 4.98 Å². The molecule has 6 nitrogen and oxygen atoms in total. The lowest BCUT2D eigenvalue weighted by Crippen LogP contribution is -2.11. The van der Waals surface area contributed by atoms with Gasteiger partial charge in [-0.2, -0.15) is 4.74 Å². The van der Waals surface area contributed by atoms with Crippen LogP contribution in [0.15, 0.2) is 50.8 Å². The molecular weight excluding hydrogens is 337 g/mol. The van der Waals surface area contributed by atoms with Crippen LogP contribution in [0.5, 0.6) is 0 Å². The highest BCUT2D eigenvalue weighted by Gasteiger charge is 2.17. The summed E-state index contributed by atoms with van der Waals surface area (Å²) in [6, 6.07) is 6.93. The first-order valence-electron chi connectivity index (χ1n) is 8.04. The van der Waals surface area contributed by atoms with Crippen molar-refractivity contribution in [1.82, 2.24) is 14.1 Å². The molecule has 0 atom stereocenters. The minimum Gasteiger partial charge on any atom is -0.381 e. The van der Waals surface area contributed by atoms with Gasteiger partial charge < -0.3 is 13.9 Å². The van der Waals surface area contributed by atoms with E-state index in [0.717, 1.165) is 0 Å². The molecule has 4 rings (SSSR count). The topological polar surface area (TPSA) is 72.4 Å². The maximum atomic E-state index is 14.8. The molecule has 0 radical (unpaired) electrons. The average molecular weight is 353 g/mol. The second kappa shape index (κ2) is 5.59. The second-order valence-corrected chi connectivity index (χ2v) is 6.28. The summed E-state index contributed by atoms with van der Waals surface area (Å²) in [6.45, 7) is 3.46. The Morgan fingerprint density at radius 1 is 1.04 bits per heavy atom. The lowest BCUT2D eigenvalue weighted by atomic mass is 10.0. The van der Waals surface area contributed by atoms with Gasteiger partial charge in [0, 0.05) is 30.7 Å². The van der Waals surface area contributed by atoms with Crippen LogP contribution in [0.4, 0.5) is 4.39 Å². The molecule has 3 heterocycles. The van der Waals surface area contributed by atoms with Crippen LogP contribution in [0, 0.1) is 19.7 Å². The van der Waals surface area contributed by atoms with Crippen LogP contribution >= 0.6 is 0 Å². The monoisotopic (exact) mass is 353 g/mol. The summed E-state index contributed by atoms with van der Waals surface area (Å²) in [5.41, 5.74) is 2.04. The first-order valence-corrected chi connectivity index (χ1v) is 8.04. The minimum atomic E-state index is -0.575. The second-order valence-electron chi connectivity index (χ2n) is 6.28. The Kier molecular flexibility index (Phi) is 3.47. The third-order valence-corrected chi connectivity index (χ3v) is 4.44. The van der Waals surface area contributed by atoms with Crippen LogP contribution in [0.3, 0.4) is 0 Å². The van der Waals surface area contributed by atoms with Gasteiger partial charge in [-0.3, -0.25) is 9.59 Å². The van der Waals surface area contributed by atoms with E-state index in [4.69, 9.17) is 4.52 Å². The summed E-state index contributed by atoms with van der Waals surface area (Å²) in [5, 5.41) is 0. The van der Waals surface area contributed by atoms with Crippen LogP contribution in [0.2, 0.25) is 0 Å². The molecule has 4 aromatic rings. The third kappa shape index (κ3) is 2.32. The van der Waals surface area contributed by atoms with E-state index in [9.17, 15) is 14.0 Å². The Labute approximate surface area is 147 Å². The Morgan fingerprint density at radius 3 is 2.31 bits per heavy atom. The van der Waals surface area contributed by atoms with Gasteiger partial charge in [0.05, 0.1) is 5.56 Å². The lowest BCUT2D eigenvalue weighted by Gasteiger charge is -2.01. The predicted octanol–water partition coefficient (Wildman–Crippen LogP) is 3.01. The van der Waals surface area contributed by atoms with E-state index >= 15 is 0 Å². The third-order valence-electron chi connectivity index (χ3n) is 4.44. The molecule has 0 unspecified atom stereocenters. The van der Waals surface area contributed by atoms with E-state index in [-0.39, 0.29) is 11.1 Å². The summed E-state index contributed by atoms with van der Waals surface area (Å²) in [4.78, 5) is 26.8. The molecule has 0 aliphatic heterocycles. The number of aromatic nitrogens is 3. The van der Waals surface area contributed by atoms with Crippen LogP contribution in [-0.4, -0.2) is 14.1 Å². The number of aryl methyl sites for hydroxylation is 3. The molecule has 26 heavy (non-hydrogen) atoms. The number of halogens is 1. The predicted molar refractivity (Wildman–Crippen MR) is 95.8 cm³/mol. The van der Waals surface area contributed by atoms with Crippen molar-refractivity contribution in [3.05, 3.63) is 74.6 Å². The van der Waals surface area contributed by atoms with E-state index in [1.54, 1.807) is 57.6 Å². The summed E-state index contributed by atoms with van der Waals surface area (Å²) in [7, 11) is 1.55. The van der Waals surface area contributed by atoms with Crippen molar-refractivity contribution >= 4 is 5.52 Å². The number of hydrogen-bond donors (Lipinski definition) is 1. The first kappa shape index (κ1) is 16.1. The van der Waals surface area contributed by atoms with Gasteiger partial charge in [-0.25, -0.2) is 4.39 Å². The zero-order chi connectivity index (χ0) is 18.6. The van der Waals surface area contributed by atoms with Crippen LogP contribution in [0.25, 0.3) is 27.8 Å². The molecule has 0 amide bonds. The van der Waals surface area contributed by atoms with E-state index in [0.29, 0.717) is 33.7 Å². The Balaban J connectivity index is 1.84. The van der Waals surface area contributed by atoms with Crippen molar-refractivity contribution in [2.45, 2.75) is 13.8 Å². The quantitative estimate of drug-likeness (QED) is 0.602. The Morgan fingerprint density at radius 2 is 1.69 bits per heavy atom. The standard InChI is InChI=1S/C19H16FN3O3/c1-10-8-23-9-14(16(20)17(23)18(24)21-10)12-4-6-13(7-5-12)15-11(2)26-22(3)19(15)25/h4-9H,1-3H3,(H,21,24). The molecule has 0 bridgehead atoms. The minimum absolute atomic E-state index is 0.0192. The van der Waals surface area contributed by atoms with Crippen LogP contribution in [0.1, 0.15) is 11.5 Å². The largest absolute Gasteiger partial charge is 0.381 e. The van der Waals surface area contributed by atoms with Gasteiger partial charge in [-0.1, -0.05) is 24.3 Å². The van der Waals surface area contributed by atoms with Gasteiger partial charge in [-0.05, 0) is 25.0 Å². The molecule has 132 valence electrons. The number of benzene rings is 1. The fourth-order valence-electron chi connectivity index (χ4n) is 3.24. The van der Waals surface area contributed by atoms with Gasteiger partial charge in [-0.15, -0.1) is 0 Å². The Hall–Kier alpha value is -3.35. The highest BCUT2D eigenvalue weighted by atomic mass is 19.1. The molecule has 0 saturated heterocycles. The molecule has 1 aromatic carbocycles. The Bertz CT molecular complexity index is 1260. The molecule has 3 aromatic heterocycles. The molecule has 0 saturated carbocycles. The van der Waals surface area contributed by atoms with E-state index < -0.39 is 11.4 Å². The number of nitrogens with zero attached hydrogens (tertiary/aromatic N) is 2. The zero-order valence-electron chi connectivity index (χ0n) is 14.5. The molecular formula is C19H16FN3O3. The lowest BCUT2D eigenvalue weighted by molar-refractivity contribution is 0.283. The maximum Gasteiger partial charge on any atom is 0.290 e. The summed E-state index contributed by atoms with van der Waals surface area (Å²) >= 11 is 0. The van der Waals surface area contributed by atoms with Gasteiger partial charge >= 0.3 is 0 Å². The number of hydrogen-bond acceptors (Lipinski definition) is 3. The first-order chi connectivity index (χ1) is 12.4. The van der Waals surface area contributed by atoms with Gasteiger partial charge in [0.25, 0.3) is 11.1 Å². The number of fused-ring (bicyclic) bond motifs is 1. The molecule has 0 aliphatic carbocycles. The van der Waals surface area contributed by atoms with Crippen molar-refractivity contribution in [2.75, 3.05) is 0 Å². The smallest absolute Gasteiger partial charge is 0.290 e. The number of aromatic amines is 1. The molecule has 0 spiro atoms. The van der Waals surface area contributed by atoms with Crippen molar-refractivity contribution in [2.24, 2.45) is 7.05 Å². The number of H-pyrrole nitrogens is 1. The average Bonchev–Trinajstić information content (AvgIpc) is 3.04. The van der Waals surface area contributed by atoms with Crippen LogP contribution < -0.4 is 11.1 Å². The van der Waals surface area contributed by atoms with Gasteiger partial charge in [0.1, 0.15) is 11.3 Å².